The van der Waals surface area contributed by atoms with Crippen LogP contribution in [-0.4, -0.2) is 68.0 Å². The number of likely N-dealkylation sites (tertiary alicyclic amines) is 1. The lowest BCUT2D eigenvalue weighted by atomic mass is 10.1. The van der Waals surface area contributed by atoms with Crippen molar-refractivity contribution < 1.29 is 4.79 Å². The van der Waals surface area contributed by atoms with Gasteiger partial charge in [0.05, 0.1) is 13.1 Å². The van der Waals surface area contributed by atoms with E-state index in [1.165, 1.54) is 19.4 Å². The number of nitrogens with one attached hydrogen (secondary N) is 2. The lowest BCUT2D eigenvalue weighted by molar-refractivity contribution is -0.127. The van der Waals surface area contributed by atoms with Gasteiger partial charge in [-0.2, -0.15) is 0 Å². The molecule has 0 spiro atoms. The number of carbonyl (C=O) groups excluding carboxylic acids is 1. The Bertz CT molecular complexity index is 606. The summed E-state index contributed by atoms with van der Waals surface area (Å²) < 4.78 is 0. The van der Waals surface area contributed by atoms with Crippen molar-refractivity contribution >= 4 is 35.8 Å². The molecule has 1 aliphatic rings. The fourth-order valence-corrected chi connectivity index (χ4v) is 3.30. The molecule has 28 heavy (non-hydrogen) atoms. The standard InChI is InChI=1S/C21H35N5O.HI/c1-17(2)16-26-12-8-11-19(26)14-23-21(24-15-20(27)25(3)4)22-13-18-9-6-5-7-10-18;/h5-7,9-10,17,19H,8,11-16H2,1-4H3,(H2,22,23,24);1H/t19-;/m1./s1. The van der Waals surface area contributed by atoms with E-state index in [-0.39, 0.29) is 36.4 Å². The van der Waals surface area contributed by atoms with Crippen molar-refractivity contribution in [2.45, 2.75) is 39.3 Å². The normalized spacial score (nSPS) is 17.3. The second-order valence-corrected chi connectivity index (χ2v) is 7.86. The summed E-state index contributed by atoms with van der Waals surface area (Å²) >= 11 is 0. The van der Waals surface area contributed by atoms with Crippen LogP contribution in [0.15, 0.2) is 35.3 Å². The zero-order chi connectivity index (χ0) is 19.6. The van der Waals surface area contributed by atoms with E-state index >= 15 is 0 Å². The highest BCUT2D eigenvalue weighted by Gasteiger charge is 2.24. The van der Waals surface area contributed by atoms with Crippen LogP contribution in [0.3, 0.4) is 0 Å². The third-order valence-corrected chi connectivity index (χ3v) is 4.77. The number of hydrogen-bond acceptors (Lipinski definition) is 3. The minimum absolute atomic E-state index is 0. The van der Waals surface area contributed by atoms with Crippen LogP contribution < -0.4 is 10.6 Å². The largest absolute Gasteiger partial charge is 0.355 e. The van der Waals surface area contributed by atoms with Crippen LogP contribution >= 0.6 is 24.0 Å². The molecule has 1 heterocycles. The summed E-state index contributed by atoms with van der Waals surface area (Å²) in [7, 11) is 3.53. The summed E-state index contributed by atoms with van der Waals surface area (Å²) in [6.45, 7) is 8.53. The lowest BCUT2D eigenvalue weighted by Gasteiger charge is -2.27. The van der Waals surface area contributed by atoms with E-state index in [1.54, 1.807) is 19.0 Å². The number of amides is 1. The number of hydrogen-bond donors (Lipinski definition) is 2. The molecule has 0 aromatic heterocycles. The number of aliphatic imine (C=N–C) groups is 1. The first-order chi connectivity index (χ1) is 13.0. The first-order valence-corrected chi connectivity index (χ1v) is 9.96. The Labute approximate surface area is 187 Å². The van der Waals surface area contributed by atoms with Crippen LogP contribution in [0.4, 0.5) is 0 Å². The van der Waals surface area contributed by atoms with Crippen LogP contribution in [-0.2, 0) is 11.3 Å². The summed E-state index contributed by atoms with van der Waals surface area (Å²) in [4.78, 5) is 20.8. The molecule has 1 fully saturated rings. The molecular weight excluding hydrogens is 465 g/mol. The number of halogens is 1. The third kappa shape index (κ3) is 8.77. The van der Waals surface area contributed by atoms with Crippen LogP contribution in [0.2, 0.25) is 0 Å². The molecule has 2 N–H and O–H groups in total. The number of nitrogens with zero attached hydrogens (tertiary/aromatic N) is 3. The van der Waals surface area contributed by atoms with Crippen molar-refractivity contribution in [2.75, 3.05) is 40.3 Å². The van der Waals surface area contributed by atoms with E-state index in [2.05, 4.69) is 46.5 Å². The molecule has 7 heteroatoms. The van der Waals surface area contributed by atoms with Crippen LogP contribution in [0.25, 0.3) is 0 Å². The Balaban J connectivity index is 0.00000392. The van der Waals surface area contributed by atoms with Crippen LogP contribution in [0, 0.1) is 5.92 Å². The monoisotopic (exact) mass is 501 g/mol. The van der Waals surface area contributed by atoms with Gasteiger partial charge in [-0.15, -0.1) is 24.0 Å². The summed E-state index contributed by atoms with van der Waals surface area (Å²) in [5, 5.41) is 6.64. The van der Waals surface area contributed by atoms with Gasteiger partial charge in [-0.3, -0.25) is 9.69 Å². The topological polar surface area (TPSA) is 60.0 Å². The smallest absolute Gasteiger partial charge is 0.241 e. The van der Waals surface area contributed by atoms with Gasteiger partial charge < -0.3 is 15.5 Å². The van der Waals surface area contributed by atoms with Gasteiger partial charge in [-0.05, 0) is 30.9 Å². The molecular formula is C21H36IN5O. The molecule has 0 radical (unpaired) electrons. The number of likely N-dealkylation sites (N-methyl/N-ethyl adjacent to an activating group) is 1. The fourth-order valence-electron chi connectivity index (χ4n) is 3.30. The number of guanidine groups is 1. The summed E-state index contributed by atoms with van der Waals surface area (Å²) in [6.07, 6.45) is 2.46. The minimum Gasteiger partial charge on any atom is -0.355 e. The summed E-state index contributed by atoms with van der Waals surface area (Å²) in [5.41, 5.74) is 1.15. The maximum atomic E-state index is 11.9. The highest BCUT2D eigenvalue weighted by atomic mass is 127. The number of benzene rings is 1. The first kappa shape index (κ1) is 24.7. The molecule has 1 atom stereocenters. The van der Waals surface area contributed by atoms with E-state index in [0.717, 1.165) is 18.7 Å². The van der Waals surface area contributed by atoms with Gasteiger partial charge >= 0.3 is 0 Å². The van der Waals surface area contributed by atoms with Gasteiger partial charge in [0.2, 0.25) is 5.91 Å². The average Bonchev–Trinajstić information content (AvgIpc) is 3.07. The van der Waals surface area contributed by atoms with Crippen molar-refractivity contribution in [2.24, 2.45) is 10.9 Å². The van der Waals surface area contributed by atoms with E-state index in [9.17, 15) is 4.79 Å². The van der Waals surface area contributed by atoms with E-state index in [1.807, 2.05) is 18.2 Å². The van der Waals surface area contributed by atoms with E-state index < -0.39 is 0 Å². The molecule has 158 valence electrons. The maximum absolute atomic E-state index is 11.9. The highest BCUT2D eigenvalue weighted by molar-refractivity contribution is 14.0. The molecule has 6 nitrogen and oxygen atoms in total. The van der Waals surface area contributed by atoms with Crippen molar-refractivity contribution in [1.29, 1.82) is 0 Å². The van der Waals surface area contributed by atoms with E-state index in [0.29, 0.717) is 24.5 Å². The van der Waals surface area contributed by atoms with Crippen molar-refractivity contribution in [3.63, 3.8) is 0 Å². The molecule has 1 amide bonds. The maximum Gasteiger partial charge on any atom is 0.241 e. The second-order valence-electron chi connectivity index (χ2n) is 7.86. The summed E-state index contributed by atoms with van der Waals surface area (Å²) in [5.74, 6) is 1.41. The van der Waals surface area contributed by atoms with Gasteiger partial charge in [-0.25, -0.2) is 4.99 Å². The van der Waals surface area contributed by atoms with E-state index in [4.69, 9.17) is 0 Å². The fraction of sp³-hybridized carbons (Fsp3) is 0.619. The van der Waals surface area contributed by atoms with Gasteiger partial charge in [0.1, 0.15) is 0 Å². The van der Waals surface area contributed by atoms with Crippen molar-refractivity contribution in [3.05, 3.63) is 35.9 Å². The molecule has 1 aromatic rings. The van der Waals surface area contributed by atoms with Crippen molar-refractivity contribution in [1.82, 2.24) is 20.4 Å². The number of carbonyl (C=O) groups is 1. The van der Waals surface area contributed by atoms with Crippen molar-refractivity contribution in [3.8, 4) is 0 Å². The third-order valence-electron chi connectivity index (χ3n) is 4.77. The molecule has 0 bridgehead atoms. The highest BCUT2D eigenvalue weighted by Crippen LogP contribution is 2.17. The Morgan fingerprint density at radius 1 is 1.25 bits per heavy atom. The predicted molar refractivity (Wildman–Crippen MR) is 127 cm³/mol. The van der Waals surface area contributed by atoms with Gasteiger partial charge in [0.15, 0.2) is 5.96 Å². The second kappa shape index (κ2) is 13.0. The van der Waals surface area contributed by atoms with Crippen LogP contribution in [0.1, 0.15) is 32.3 Å². The molecule has 1 saturated heterocycles. The Morgan fingerprint density at radius 3 is 2.61 bits per heavy atom. The number of rotatable bonds is 8. The average molecular weight is 501 g/mol. The molecule has 0 saturated carbocycles. The molecule has 1 aliphatic heterocycles. The zero-order valence-electron chi connectivity index (χ0n) is 17.6. The molecule has 0 unspecified atom stereocenters. The predicted octanol–water partition coefficient (Wildman–Crippen LogP) is 2.55. The quantitative estimate of drug-likeness (QED) is 0.327. The lowest BCUT2D eigenvalue weighted by Crippen LogP contribution is -2.47. The molecule has 1 aromatic carbocycles. The minimum atomic E-state index is 0. The van der Waals surface area contributed by atoms with Gasteiger partial charge in [0.25, 0.3) is 0 Å². The SMILES string of the molecule is CC(C)CN1CCC[C@@H]1CNC(=NCc1ccccc1)NCC(=O)N(C)C.I. The summed E-state index contributed by atoms with van der Waals surface area (Å²) in [6, 6.07) is 10.7. The molecule has 2 rings (SSSR count). The Hall–Kier alpha value is -1.35. The Kier molecular flexibility index (Phi) is 11.4. The van der Waals surface area contributed by atoms with Gasteiger partial charge in [-0.1, -0.05) is 44.2 Å². The van der Waals surface area contributed by atoms with Gasteiger partial charge in [0, 0.05) is 33.2 Å². The first-order valence-electron chi connectivity index (χ1n) is 9.96. The zero-order valence-corrected chi connectivity index (χ0v) is 20.0. The molecule has 0 aliphatic carbocycles. The Morgan fingerprint density at radius 2 is 1.96 bits per heavy atom. The van der Waals surface area contributed by atoms with Crippen LogP contribution in [0.5, 0.6) is 0 Å².